The van der Waals surface area contributed by atoms with Crippen LogP contribution in [0.2, 0.25) is 0 Å². The SMILES string of the molecule is Cc1ccc(C(=O)NNCc2ccccc2)cc1Nc1nccc(-c2cccnc2)n1. The van der Waals surface area contributed by atoms with E-state index < -0.39 is 0 Å². The number of rotatable bonds is 7. The fraction of sp³-hybridized carbons (Fsp3) is 0.0833. The number of anilines is 2. The van der Waals surface area contributed by atoms with Crippen LogP contribution in [0.4, 0.5) is 11.6 Å². The Bertz CT molecular complexity index is 1170. The molecule has 0 atom stereocenters. The van der Waals surface area contributed by atoms with Gasteiger partial charge in [0.15, 0.2) is 0 Å². The summed E-state index contributed by atoms with van der Waals surface area (Å²) in [5.41, 5.74) is 10.7. The second-order valence-corrected chi connectivity index (χ2v) is 6.96. The average molecular weight is 410 g/mol. The summed E-state index contributed by atoms with van der Waals surface area (Å²) in [4.78, 5) is 25.5. The molecule has 1 amide bonds. The van der Waals surface area contributed by atoms with Gasteiger partial charge in [-0.1, -0.05) is 36.4 Å². The molecule has 0 aliphatic carbocycles. The summed E-state index contributed by atoms with van der Waals surface area (Å²) in [5.74, 6) is 0.230. The quantitative estimate of drug-likeness (QED) is 0.399. The first-order valence-electron chi connectivity index (χ1n) is 9.87. The van der Waals surface area contributed by atoms with Crippen molar-refractivity contribution in [3.8, 4) is 11.3 Å². The number of hydrazine groups is 1. The van der Waals surface area contributed by atoms with Gasteiger partial charge < -0.3 is 5.32 Å². The van der Waals surface area contributed by atoms with E-state index in [0.717, 1.165) is 28.1 Å². The monoisotopic (exact) mass is 410 g/mol. The fourth-order valence-electron chi connectivity index (χ4n) is 3.01. The van der Waals surface area contributed by atoms with Crippen LogP contribution in [-0.2, 0) is 6.54 Å². The van der Waals surface area contributed by atoms with E-state index in [9.17, 15) is 4.79 Å². The van der Waals surface area contributed by atoms with Crippen molar-refractivity contribution in [2.24, 2.45) is 0 Å². The number of aromatic nitrogens is 3. The molecule has 7 heteroatoms. The normalized spacial score (nSPS) is 10.5. The topological polar surface area (TPSA) is 91.8 Å². The second-order valence-electron chi connectivity index (χ2n) is 6.96. The summed E-state index contributed by atoms with van der Waals surface area (Å²) in [6.45, 7) is 2.50. The van der Waals surface area contributed by atoms with Crippen LogP contribution in [0, 0.1) is 6.92 Å². The zero-order valence-electron chi connectivity index (χ0n) is 17.0. The third-order valence-corrected chi connectivity index (χ3v) is 4.70. The molecule has 3 N–H and O–H groups in total. The van der Waals surface area contributed by atoms with Crippen molar-refractivity contribution >= 4 is 17.5 Å². The van der Waals surface area contributed by atoms with Gasteiger partial charge in [-0.25, -0.2) is 15.4 Å². The predicted molar refractivity (Wildman–Crippen MR) is 120 cm³/mol. The van der Waals surface area contributed by atoms with Crippen molar-refractivity contribution in [3.63, 3.8) is 0 Å². The largest absolute Gasteiger partial charge is 0.324 e. The van der Waals surface area contributed by atoms with Crippen LogP contribution in [0.15, 0.2) is 85.3 Å². The number of nitrogens with zero attached hydrogens (tertiary/aromatic N) is 3. The number of hydrogen-bond acceptors (Lipinski definition) is 6. The van der Waals surface area contributed by atoms with Gasteiger partial charge in [-0.2, -0.15) is 0 Å². The minimum absolute atomic E-state index is 0.219. The van der Waals surface area contributed by atoms with Crippen LogP contribution in [0.25, 0.3) is 11.3 Å². The van der Waals surface area contributed by atoms with Gasteiger partial charge in [0.1, 0.15) is 0 Å². The number of amides is 1. The third-order valence-electron chi connectivity index (χ3n) is 4.70. The first-order valence-corrected chi connectivity index (χ1v) is 9.87. The minimum atomic E-state index is -0.219. The molecule has 2 aromatic carbocycles. The lowest BCUT2D eigenvalue weighted by Gasteiger charge is -2.12. The molecule has 0 radical (unpaired) electrons. The predicted octanol–water partition coefficient (Wildman–Crippen LogP) is 4.03. The van der Waals surface area contributed by atoms with Gasteiger partial charge in [0.25, 0.3) is 5.91 Å². The smallest absolute Gasteiger partial charge is 0.265 e. The highest BCUT2D eigenvalue weighted by Crippen LogP contribution is 2.22. The lowest BCUT2D eigenvalue weighted by Crippen LogP contribution is -2.36. The number of nitrogens with one attached hydrogen (secondary N) is 3. The minimum Gasteiger partial charge on any atom is -0.324 e. The Morgan fingerprint density at radius 1 is 0.968 bits per heavy atom. The molecular formula is C24H22N6O. The van der Waals surface area contributed by atoms with Crippen molar-refractivity contribution in [1.82, 2.24) is 25.8 Å². The van der Waals surface area contributed by atoms with Gasteiger partial charge >= 0.3 is 0 Å². The van der Waals surface area contributed by atoms with Gasteiger partial charge in [0, 0.05) is 41.9 Å². The summed E-state index contributed by atoms with van der Waals surface area (Å²) in [7, 11) is 0. The molecule has 0 unspecified atom stereocenters. The molecule has 0 aliphatic heterocycles. The molecule has 31 heavy (non-hydrogen) atoms. The van der Waals surface area contributed by atoms with Crippen LogP contribution in [0.1, 0.15) is 21.5 Å². The maximum absolute atomic E-state index is 12.6. The molecule has 154 valence electrons. The Morgan fingerprint density at radius 3 is 2.65 bits per heavy atom. The third kappa shape index (κ3) is 5.29. The number of hydrogen-bond donors (Lipinski definition) is 3. The lowest BCUT2D eigenvalue weighted by atomic mass is 10.1. The van der Waals surface area contributed by atoms with E-state index >= 15 is 0 Å². The second kappa shape index (κ2) is 9.60. The molecule has 2 heterocycles. The van der Waals surface area contributed by atoms with Gasteiger partial charge in [0.2, 0.25) is 5.95 Å². The van der Waals surface area contributed by atoms with Crippen LogP contribution < -0.4 is 16.2 Å². The van der Waals surface area contributed by atoms with Crippen LogP contribution >= 0.6 is 0 Å². The highest BCUT2D eigenvalue weighted by atomic mass is 16.2. The van der Waals surface area contributed by atoms with E-state index in [4.69, 9.17) is 0 Å². The van der Waals surface area contributed by atoms with E-state index in [1.807, 2.05) is 61.5 Å². The zero-order chi connectivity index (χ0) is 21.5. The number of aryl methyl sites for hydroxylation is 1. The Labute approximate surface area is 180 Å². The highest BCUT2D eigenvalue weighted by Gasteiger charge is 2.10. The Morgan fingerprint density at radius 2 is 1.84 bits per heavy atom. The highest BCUT2D eigenvalue weighted by molar-refractivity contribution is 5.95. The standard InChI is InChI=1S/C24H22N6O/c1-17-9-10-19(23(31)30-27-15-18-6-3-2-4-7-18)14-22(17)29-24-26-13-11-21(28-24)20-8-5-12-25-16-20/h2-14,16,27H,15H2,1H3,(H,30,31)(H,26,28,29). The first kappa shape index (κ1) is 20.2. The molecule has 0 bridgehead atoms. The van der Waals surface area contributed by atoms with Crippen LogP contribution in [-0.4, -0.2) is 20.9 Å². The molecule has 0 fully saturated rings. The van der Waals surface area contributed by atoms with Crippen molar-refractivity contribution < 1.29 is 4.79 Å². The van der Waals surface area contributed by atoms with E-state index in [1.165, 1.54) is 0 Å². The van der Waals surface area contributed by atoms with Gasteiger partial charge in [-0.3, -0.25) is 15.2 Å². The van der Waals surface area contributed by atoms with Gasteiger partial charge in [-0.15, -0.1) is 0 Å². The molecule has 2 aromatic heterocycles. The van der Waals surface area contributed by atoms with Crippen LogP contribution in [0.5, 0.6) is 0 Å². The van der Waals surface area contributed by atoms with E-state index in [-0.39, 0.29) is 5.91 Å². The summed E-state index contributed by atoms with van der Waals surface area (Å²) in [6, 6.07) is 21.0. The van der Waals surface area contributed by atoms with Crippen LogP contribution in [0.3, 0.4) is 0 Å². The van der Waals surface area contributed by atoms with Crippen molar-refractivity contribution in [3.05, 3.63) is 102 Å². The average Bonchev–Trinajstić information content (AvgIpc) is 2.82. The van der Waals surface area contributed by atoms with Crippen molar-refractivity contribution in [2.75, 3.05) is 5.32 Å². The zero-order valence-corrected chi connectivity index (χ0v) is 17.0. The number of carbonyl (C=O) groups is 1. The Balaban J connectivity index is 1.45. The van der Waals surface area contributed by atoms with Crippen molar-refractivity contribution in [2.45, 2.75) is 13.5 Å². The lowest BCUT2D eigenvalue weighted by molar-refractivity contribution is 0.0932. The maximum atomic E-state index is 12.6. The van der Waals surface area contributed by atoms with Gasteiger partial charge in [0.05, 0.1) is 5.69 Å². The molecule has 4 rings (SSSR count). The molecule has 0 saturated carbocycles. The first-order chi connectivity index (χ1) is 15.2. The molecular weight excluding hydrogens is 388 g/mol. The van der Waals surface area contributed by atoms with Crippen molar-refractivity contribution in [1.29, 1.82) is 0 Å². The fourth-order valence-corrected chi connectivity index (χ4v) is 3.01. The maximum Gasteiger partial charge on any atom is 0.265 e. The van der Waals surface area contributed by atoms with E-state index in [1.54, 1.807) is 30.7 Å². The Kier molecular flexibility index (Phi) is 6.25. The summed E-state index contributed by atoms with van der Waals surface area (Å²) >= 11 is 0. The summed E-state index contributed by atoms with van der Waals surface area (Å²) in [5, 5.41) is 3.22. The molecule has 7 nitrogen and oxygen atoms in total. The molecule has 0 aliphatic rings. The van der Waals surface area contributed by atoms with E-state index in [2.05, 4.69) is 31.1 Å². The number of carbonyl (C=O) groups excluding carboxylic acids is 1. The summed E-state index contributed by atoms with van der Waals surface area (Å²) < 4.78 is 0. The molecule has 0 spiro atoms. The van der Waals surface area contributed by atoms with Gasteiger partial charge in [-0.05, 0) is 48.4 Å². The number of benzene rings is 2. The molecule has 0 saturated heterocycles. The number of pyridine rings is 1. The van der Waals surface area contributed by atoms with E-state index in [0.29, 0.717) is 18.1 Å². The Hall–Kier alpha value is -4.10. The summed E-state index contributed by atoms with van der Waals surface area (Å²) in [6.07, 6.45) is 5.17. The molecule has 4 aromatic rings.